The topological polar surface area (TPSA) is 46.2 Å². The smallest absolute Gasteiger partial charge is 0.212 e. The largest absolute Gasteiger partial charge is 0.216 e. The van der Waals surface area contributed by atoms with Gasteiger partial charge in [-0.15, -0.1) is 0 Å². The van der Waals surface area contributed by atoms with E-state index in [0.717, 1.165) is 5.56 Å². The summed E-state index contributed by atoms with van der Waals surface area (Å²) in [5.41, 5.74) is 1.65. The predicted molar refractivity (Wildman–Crippen MR) is 77.4 cm³/mol. The van der Waals surface area contributed by atoms with E-state index < -0.39 is 10.0 Å². The van der Waals surface area contributed by atoms with Gasteiger partial charge in [-0.2, -0.15) is 0 Å². The third-order valence-electron chi connectivity index (χ3n) is 2.61. The van der Waals surface area contributed by atoms with Gasteiger partial charge < -0.3 is 0 Å². The Morgan fingerprint density at radius 2 is 1.53 bits per heavy atom. The van der Waals surface area contributed by atoms with Crippen molar-refractivity contribution in [2.24, 2.45) is 0 Å². The van der Waals surface area contributed by atoms with E-state index in [1.807, 2.05) is 30.3 Å². The molecule has 0 spiro atoms. The van der Waals surface area contributed by atoms with E-state index in [-0.39, 0.29) is 5.75 Å². The summed E-state index contributed by atoms with van der Waals surface area (Å²) in [4.78, 5) is 0. The van der Waals surface area contributed by atoms with E-state index in [9.17, 15) is 8.42 Å². The third kappa shape index (κ3) is 4.67. The molecular formula is C14H14ClNO2S. The molecule has 19 heavy (non-hydrogen) atoms. The maximum Gasteiger partial charge on any atom is 0.216 e. The van der Waals surface area contributed by atoms with Crippen LogP contribution in [0.5, 0.6) is 0 Å². The molecule has 0 atom stereocenters. The second kappa shape index (κ2) is 6.19. The minimum absolute atomic E-state index is 0.0446. The molecule has 0 amide bonds. The molecule has 0 radical (unpaired) electrons. The SMILES string of the molecule is O=S(=O)(Cc1ccc(Cl)cc1)NCc1ccccc1. The normalized spacial score (nSPS) is 11.4. The van der Waals surface area contributed by atoms with Gasteiger partial charge in [0.1, 0.15) is 0 Å². The zero-order chi connectivity index (χ0) is 13.7. The van der Waals surface area contributed by atoms with Crippen LogP contribution in [-0.2, 0) is 22.3 Å². The van der Waals surface area contributed by atoms with Crippen LogP contribution < -0.4 is 4.72 Å². The van der Waals surface area contributed by atoms with Crippen LogP contribution in [0, 0.1) is 0 Å². The van der Waals surface area contributed by atoms with Crippen LogP contribution in [0.25, 0.3) is 0 Å². The second-order valence-electron chi connectivity index (χ2n) is 4.19. The molecule has 0 bridgehead atoms. The van der Waals surface area contributed by atoms with E-state index in [4.69, 9.17) is 11.6 Å². The summed E-state index contributed by atoms with van der Waals surface area (Å²) in [5, 5.41) is 0.596. The maximum atomic E-state index is 11.9. The van der Waals surface area contributed by atoms with Crippen LogP contribution in [0.15, 0.2) is 54.6 Å². The van der Waals surface area contributed by atoms with E-state index in [1.165, 1.54) is 0 Å². The van der Waals surface area contributed by atoms with Crippen molar-refractivity contribution in [2.75, 3.05) is 0 Å². The quantitative estimate of drug-likeness (QED) is 0.922. The molecule has 0 unspecified atom stereocenters. The number of benzene rings is 2. The van der Waals surface area contributed by atoms with Crippen LogP contribution >= 0.6 is 11.6 Å². The van der Waals surface area contributed by atoms with Crippen molar-refractivity contribution in [3.63, 3.8) is 0 Å². The second-order valence-corrected chi connectivity index (χ2v) is 6.44. The van der Waals surface area contributed by atoms with Crippen molar-refractivity contribution in [1.29, 1.82) is 0 Å². The standard InChI is InChI=1S/C14H14ClNO2S/c15-14-8-6-13(7-9-14)11-19(17,18)16-10-12-4-2-1-3-5-12/h1-9,16H,10-11H2. The van der Waals surface area contributed by atoms with Gasteiger partial charge in [0.15, 0.2) is 0 Å². The average Bonchev–Trinajstić information content (AvgIpc) is 2.40. The molecule has 0 saturated heterocycles. The first-order valence-corrected chi connectivity index (χ1v) is 7.84. The van der Waals surface area contributed by atoms with Crippen molar-refractivity contribution < 1.29 is 8.42 Å². The monoisotopic (exact) mass is 295 g/mol. The average molecular weight is 296 g/mol. The molecule has 5 heteroatoms. The Balaban J connectivity index is 1.97. The summed E-state index contributed by atoms with van der Waals surface area (Å²) in [6.07, 6.45) is 0. The number of hydrogen-bond donors (Lipinski definition) is 1. The van der Waals surface area contributed by atoms with Crippen LogP contribution in [0.2, 0.25) is 5.02 Å². The van der Waals surface area contributed by atoms with Gasteiger partial charge in [-0.25, -0.2) is 13.1 Å². The summed E-state index contributed by atoms with van der Waals surface area (Å²) >= 11 is 5.76. The minimum Gasteiger partial charge on any atom is -0.212 e. The maximum absolute atomic E-state index is 11.9. The summed E-state index contributed by atoms with van der Waals surface area (Å²) in [6, 6.07) is 16.2. The lowest BCUT2D eigenvalue weighted by molar-refractivity contribution is 0.580. The highest BCUT2D eigenvalue weighted by Gasteiger charge is 2.11. The van der Waals surface area contributed by atoms with Crippen LogP contribution in [0.1, 0.15) is 11.1 Å². The first-order valence-electron chi connectivity index (χ1n) is 5.81. The molecule has 2 aromatic carbocycles. The molecule has 2 aromatic rings. The Labute approximate surface area is 118 Å². The van der Waals surface area contributed by atoms with Gasteiger partial charge in [0, 0.05) is 11.6 Å². The Hall–Kier alpha value is -1.36. The fourth-order valence-corrected chi connectivity index (χ4v) is 2.89. The van der Waals surface area contributed by atoms with Gasteiger partial charge in [0.05, 0.1) is 5.75 Å². The number of nitrogens with one attached hydrogen (secondary N) is 1. The fraction of sp³-hybridized carbons (Fsp3) is 0.143. The number of halogens is 1. The van der Waals surface area contributed by atoms with Gasteiger partial charge in [-0.1, -0.05) is 54.1 Å². The molecule has 100 valence electrons. The highest BCUT2D eigenvalue weighted by molar-refractivity contribution is 7.88. The van der Waals surface area contributed by atoms with Gasteiger partial charge in [-0.3, -0.25) is 0 Å². The molecule has 0 aliphatic heterocycles. The lowest BCUT2D eigenvalue weighted by Gasteiger charge is -2.07. The Morgan fingerprint density at radius 3 is 2.16 bits per heavy atom. The van der Waals surface area contributed by atoms with Crippen molar-refractivity contribution in [3.05, 3.63) is 70.7 Å². The van der Waals surface area contributed by atoms with Gasteiger partial charge in [0.2, 0.25) is 10.0 Å². The Morgan fingerprint density at radius 1 is 0.895 bits per heavy atom. The van der Waals surface area contributed by atoms with Gasteiger partial charge in [-0.05, 0) is 23.3 Å². The first kappa shape index (κ1) is 14.1. The molecule has 0 fully saturated rings. The van der Waals surface area contributed by atoms with E-state index in [0.29, 0.717) is 17.1 Å². The fourth-order valence-electron chi connectivity index (χ4n) is 1.64. The van der Waals surface area contributed by atoms with Gasteiger partial charge >= 0.3 is 0 Å². The summed E-state index contributed by atoms with van der Waals surface area (Å²) in [6.45, 7) is 0.302. The molecule has 0 aliphatic rings. The van der Waals surface area contributed by atoms with Crippen molar-refractivity contribution in [2.45, 2.75) is 12.3 Å². The first-order chi connectivity index (χ1) is 9.05. The number of rotatable bonds is 5. The summed E-state index contributed by atoms with van der Waals surface area (Å²) in [7, 11) is -3.34. The van der Waals surface area contributed by atoms with Crippen LogP contribution in [-0.4, -0.2) is 8.42 Å². The third-order valence-corrected chi connectivity index (χ3v) is 4.16. The zero-order valence-electron chi connectivity index (χ0n) is 10.2. The highest BCUT2D eigenvalue weighted by Crippen LogP contribution is 2.11. The van der Waals surface area contributed by atoms with E-state index >= 15 is 0 Å². The van der Waals surface area contributed by atoms with Crippen molar-refractivity contribution in [3.8, 4) is 0 Å². The molecule has 2 rings (SSSR count). The highest BCUT2D eigenvalue weighted by atomic mass is 35.5. The summed E-state index contributed by atoms with van der Waals surface area (Å²) in [5.74, 6) is -0.0446. The Bertz CT molecular complexity index is 624. The lowest BCUT2D eigenvalue weighted by atomic mass is 10.2. The molecule has 3 nitrogen and oxygen atoms in total. The van der Waals surface area contributed by atoms with E-state index in [1.54, 1.807) is 24.3 Å². The minimum atomic E-state index is -3.34. The number of sulfonamides is 1. The number of hydrogen-bond acceptors (Lipinski definition) is 2. The summed E-state index contributed by atoms with van der Waals surface area (Å²) < 4.78 is 26.4. The molecule has 1 N–H and O–H groups in total. The molecule has 0 saturated carbocycles. The molecule has 0 aliphatic carbocycles. The van der Waals surface area contributed by atoms with Crippen LogP contribution in [0.3, 0.4) is 0 Å². The van der Waals surface area contributed by atoms with Crippen LogP contribution in [0.4, 0.5) is 0 Å². The predicted octanol–water partition coefficient (Wildman–Crippen LogP) is 2.96. The van der Waals surface area contributed by atoms with Gasteiger partial charge in [0.25, 0.3) is 0 Å². The Kier molecular flexibility index (Phi) is 4.58. The van der Waals surface area contributed by atoms with Crippen molar-refractivity contribution >= 4 is 21.6 Å². The molecule has 0 heterocycles. The molecular weight excluding hydrogens is 282 g/mol. The molecule has 0 aromatic heterocycles. The van der Waals surface area contributed by atoms with Crippen molar-refractivity contribution in [1.82, 2.24) is 4.72 Å². The van der Waals surface area contributed by atoms with E-state index in [2.05, 4.69) is 4.72 Å². The lowest BCUT2D eigenvalue weighted by Crippen LogP contribution is -2.24. The zero-order valence-corrected chi connectivity index (χ0v) is 11.8.